The summed E-state index contributed by atoms with van der Waals surface area (Å²) in [5, 5.41) is 1.90. The Bertz CT molecular complexity index is 1780. The number of halogens is 2. The van der Waals surface area contributed by atoms with Crippen molar-refractivity contribution in [1.29, 1.82) is 0 Å². The third kappa shape index (κ3) is 5.24. The molecule has 43 heavy (non-hydrogen) atoms. The third-order valence-electron chi connectivity index (χ3n) is 8.07. The lowest BCUT2D eigenvalue weighted by molar-refractivity contribution is -0.154. The highest BCUT2D eigenvalue weighted by Crippen LogP contribution is 2.52. The van der Waals surface area contributed by atoms with Crippen LogP contribution in [0.3, 0.4) is 0 Å². The molecule has 0 unspecified atom stereocenters. The van der Waals surface area contributed by atoms with Gasteiger partial charge in [0.05, 0.1) is 22.4 Å². The molecule has 4 atom stereocenters. The highest BCUT2D eigenvalue weighted by Gasteiger charge is 2.61. The normalized spacial score (nSPS) is 22.2. The standard InChI is InChI=1S/C31H24Cl2N2O7S/c1-17-2-11-23(12-3-17)43(40,41)42-22-9-6-18(7-10-22)26(36)16-34(29(37)24-13-8-21(32)15-25(24)33)35-30(38)27-19-4-5-20(14-19)28(27)31(35)39/h2-13,15,19-20,27-28H,14,16H2,1H3/t19-,20-,27+,28+/m0/s1. The maximum absolute atomic E-state index is 13.8. The molecule has 1 saturated heterocycles. The van der Waals surface area contributed by atoms with E-state index in [1.165, 1.54) is 54.6 Å². The van der Waals surface area contributed by atoms with Crippen LogP contribution in [0.2, 0.25) is 10.0 Å². The summed E-state index contributed by atoms with van der Waals surface area (Å²) in [6, 6.07) is 15.6. The van der Waals surface area contributed by atoms with Crippen LogP contribution in [-0.2, 0) is 19.7 Å². The Morgan fingerprint density at radius 2 is 1.51 bits per heavy atom. The number of carbonyl (C=O) groups is 4. The van der Waals surface area contributed by atoms with Gasteiger partial charge in [0, 0.05) is 10.6 Å². The molecule has 0 spiro atoms. The van der Waals surface area contributed by atoms with Gasteiger partial charge >= 0.3 is 10.1 Å². The van der Waals surface area contributed by atoms with Gasteiger partial charge in [0.2, 0.25) is 0 Å². The molecule has 1 saturated carbocycles. The van der Waals surface area contributed by atoms with Crippen LogP contribution >= 0.6 is 23.2 Å². The van der Waals surface area contributed by atoms with Crippen molar-refractivity contribution in [1.82, 2.24) is 10.0 Å². The third-order valence-corrected chi connectivity index (χ3v) is 9.88. The van der Waals surface area contributed by atoms with E-state index in [0.717, 1.165) is 15.6 Å². The predicted molar refractivity (Wildman–Crippen MR) is 157 cm³/mol. The van der Waals surface area contributed by atoms with Gasteiger partial charge < -0.3 is 4.18 Å². The Morgan fingerprint density at radius 1 is 0.907 bits per heavy atom. The van der Waals surface area contributed by atoms with Gasteiger partial charge in [-0.2, -0.15) is 13.4 Å². The van der Waals surface area contributed by atoms with Crippen molar-refractivity contribution >= 4 is 56.8 Å². The molecule has 3 amide bonds. The van der Waals surface area contributed by atoms with Crippen molar-refractivity contribution in [3.05, 3.63) is 106 Å². The predicted octanol–water partition coefficient (Wildman–Crippen LogP) is 5.12. The number of benzene rings is 3. The zero-order valence-corrected chi connectivity index (χ0v) is 25.0. The number of aryl methyl sites for hydroxylation is 1. The summed E-state index contributed by atoms with van der Waals surface area (Å²) in [6.07, 6.45) is 4.55. The van der Waals surface area contributed by atoms with E-state index in [2.05, 4.69) is 0 Å². The van der Waals surface area contributed by atoms with E-state index in [4.69, 9.17) is 27.4 Å². The van der Waals surface area contributed by atoms with E-state index in [-0.39, 0.29) is 43.7 Å². The van der Waals surface area contributed by atoms with Crippen molar-refractivity contribution in [2.24, 2.45) is 23.7 Å². The van der Waals surface area contributed by atoms with Gasteiger partial charge in [-0.1, -0.05) is 53.1 Å². The minimum atomic E-state index is -4.11. The number of nitrogens with zero attached hydrogens (tertiary/aromatic N) is 2. The SMILES string of the molecule is Cc1ccc(S(=O)(=O)Oc2ccc(C(=O)CN(C(=O)c3ccc(Cl)cc3Cl)N3C(=O)[C@H]4[C@H](C3=O)[C@H]3C=C[C@H]4C3)cc2)cc1. The van der Waals surface area contributed by atoms with Gasteiger partial charge in [-0.3, -0.25) is 19.2 Å². The molecule has 3 aromatic carbocycles. The second-order valence-corrected chi connectivity index (χ2v) is 13.2. The molecule has 3 aromatic rings. The second-order valence-electron chi connectivity index (χ2n) is 10.8. The van der Waals surface area contributed by atoms with E-state index in [0.29, 0.717) is 6.42 Å². The summed E-state index contributed by atoms with van der Waals surface area (Å²) in [4.78, 5) is 54.4. The molecular formula is C31H24Cl2N2O7S. The molecule has 0 N–H and O–H groups in total. The molecule has 9 nitrogen and oxygen atoms in total. The van der Waals surface area contributed by atoms with Crippen LogP contribution in [0.4, 0.5) is 0 Å². The number of rotatable bonds is 8. The largest absolute Gasteiger partial charge is 0.379 e. The summed E-state index contributed by atoms with van der Waals surface area (Å²) in [7, 11) is -4.11. The van der Waals surface area contributed by atoms with Crippen LogP contribution in [-0.4, -0.2) is 48.5 Å². The van der Waals surface area contributed by atoms with Crippen LogP contribution in [0.5, 0.6) is 5.75 Å². The lowest BCUT2D eigenvalue weighted by atomic mass is 9.85. The van der Waals surface area contributed by atoms with Crippen LogP contribution < -0.4 is 4.18 Å². The molecule has 1 aliphatic heterocycles. The van der Waals surface area contributed by atoms with E-state index < -0.39 is 52.0 Å². The molecule has 0 aromatic heterocycles. The summed E-state index contributed by atoms with van der Waals surface area (Å²) >= 11 is 12.3. The zero-order valence-electron chi connectivity index (χ0n) is 22.6. The van der Waals surface area contributed by atoms with E-state index in [1.54, 1.807) is 12.1 Å². The zero-order chi connectivity index (χ0) is 30.6. The summed E-state index contributed by atoms with van der Waals surface area (Å²) in [5.74, 6) is -3.93. The number of ketones is 1. The van der Waals surface area contributed by atoms with Gasteiger partial charge in [0.25, 0.3) is 17.7 Å². The van der Waals surface area contributed by atoms with Crippen molar-refractivity contribution in [3.8, 4) is 5.75 Å². The number of carbonyl (C=O) groups excluding carboxylic acids is 4. The van der Waals surface area contributed by atoms with E-state index in [1.807, 2.05) is 19.1 Å². The highest BCUT2D eigenvalue weighted by molar-refractivity contribution is 7.87. The van der Waals surface area contributed by atoms with Crippen molar-refractivity contribution in [2.75, 3.05) is 6.54 Å². The second kappa shape index (κ2) is 10.9. The first-order valence-electron chi connectivity index (χ1n) is 13.4. The Labute approximate surface area is 257 Å². The molecule has 3 aliphatic rings. The lowest BCUT2D eigenvalue weighted by Gasteiger charge is -2.31. The first-order chi connectivity index (χ1) is 20.4. The fraction of sp³-hybridized carbons (Fsp3) is 0.226. The van der Waals surface area contributed by atoms with Crippen molar-refractivity contribution < 1.29 is 31.8 Å². The Balaban J connectivity index is 1.26. The Morgan fingerprint density at radius 3 is 2.09 bits per heavy atom. The number of hydrazine groups is 1. The van der Waals surface area contributed by atoms with Crippen molar-refractivity contribution in [2.45, 2.75) is 18.2 Å². The Kier molecular flexibility index (Phi) is 7.40. The number of fused-ring (bicyclic) bond motifs is 5. The number of allylic oxidation sites excluding steroid dienone is 2. The minimum absolute atomic E-state index is 0.00717. The quantitative estimate of drug-likeness (QED) is 0.145. The van der Waals surface area contributed by atoms with E-state index in [9.17, 15) is 27.6 Å². The molecule has 2 aliphatic carbocycles. The first-order valence-corrected chi connectivity index (χ1v) is 15.6. The maximum atomic E-state index is 13.8. The van der Waals surface area contributed by atoms with Gasteiger partial charge in [-0.25, -0.2) is 5.01 Å². The summed E-state index contributed by atoms with van der Waals surface area (Å²) in [6.45, 7) is 1.17. The monoisotopic (exact) mass is 638 g/mol. The number of hydrogen-bond donors (Lipinski definition) is 0. The summed E-state index contributed by atoms with van der Waals surface area (Å²) < 4.78 is 30.5. The van der Waals surface area contributed by atoms with Gasteiger partial charge in [0.1, 0.15) is 17.2 Å². The number of amides is 3. The molecule has 220 valence electrons. The van der Waals surface area contributed by atoms with Crippen LogP contribution in [0.1, 0.15) is 32.7 Å². The molecule has 12 heteroatoms. The average molecular weight is 640 g/mol. The molecule has 1 heterocycles. The van der Waals surface area contributed by atoms with Crippen LogP contribution in [0, 0.1) is 30.6 Å². The molecule has 2 bridgehead atoms. The summed E-state index contributed by atoms with van der Waals surface area (Å²) in [5.41, 5.74) is 0.945. The topological polar surface area (TPSA) is 118 Å². The van der Waals surface area contributed by atoms with Crippen LogP contribution in [0.25, 0.3) is 0 Å². The van der Waals surface area contributed by atoms with Gasteiger partial charge in [0.15, 0.2) is 5.78 Å². The van der Waals surface area contributed by atoms with Crippen LogP contribution in [0.15, 0.2) is 83.8 Å². The fourth-order valence-corrected chi connectivity index (χ4v) is 7.38. The highest BCUT2D eigenvalue weighted by atomic mass is 35.5. The lowest BCUT2D eigenvalue weighted by Crippen LogP contribution is -2.52. The minimum Gasteiger partial charge on any atom is -0.379 e. The smallest absolute Gasteiger partial charge is 0.339 e. The Hall–Kier alpha value is -3.99. The maximum Gasteiger partial charge on any atom is 0.339 e. The van der Waals surface area contributed by atoms with E-state index >= 15 is 0 Å². The molecular weight excluding hydrogens is 615 g/mol. The number of hydrogen-bond acceptors (Lipinski definition) is 7. The molecule has 0 radical (unpaired) electrons. The average Bonchev–Trinajstić information content (AvgIpc) is 3.65. The number of Topliss-reactive ketones (excluding diaryl/α,β-unsaturated/α-hetero) is 1. The first kappa shape index (κ1) is 29.1. The van der Waals surface area contributed by atoms with Crippen molar-refractivity contribution in [3.63, 3.8) is 0 Å². The molecule has 2 fully saturated rings. The van der Waals surface area contributed by atoms with Gasteiger partial charge in [-0.05, 0) is 79.8 Å². The number of imide groups is 1. The fourth-order valence-electron chi connectivity index (χ4n) is 5.96. The van der Waals surface area contributed by atoms with Gasteiger partial charge in [-0.15, -0.1) is 0 Å². The molecule has 6 rings (SSSR count).